The van der Waals surface area contributed by atoms with Crippen LogP contribution in [0.5, 0.6) is 5.75 Å². The zero-order valence-corrected chi connectivity index (χ0v) is 18.4. The molecule has 0 spiro atoms. The first kappa shape index (κ1) is 22.3. The van der Waals surface area contributed by atoms with Crippen molar-refractivity contribution >= 4 is 11.8 Å². The molecule has 1 N–H and O–H groups in total. The highest BCUT2D eigenvalue weighted by atomic mass is 19.1. The van der Waals surface area contributed by atoms with Crippen molar-refractivity contribution in [3.05, 3.63) is 65.5 Å². The van der Waals surface area contributed by atoms with Crippen molar-refractivity contribution in [2.45, 2.75) is 44.9 Å². The van der Waals surface area contributed by atoms with E-state index in [1.165, 1.54) is 12.1 Å². The molecule has 0 radical (unpaired) electrons. The summed E-state index contributed by atoms with van der Waals surface area (Å²) in [5.41, 5.74) is 1.90. The Balaban J connectivity index is 1.32. The molecule has 2 saturated heterocycles. The SMILES string of the molecule is Cc1ccccc1OC1CCN(C(=O)C[C@H]2C(=O)NCCN2Cc2cccc(F)c2)CC1. The van der Waals surface area contributed by atoms with Crippen molar-refractivity contribution in [1.82, 2.24) is 15.1 Å². The van der Waals surface area contributed by atoms with Gasteiger partial charge >= 0.3 is 0 Å². The fourth-order valence-electron chi connectivity index (χ4n) is 4.43. The number of piperazine rings is 1. The number of piperidine rings is 1. The van der Waals surface area contributed by atoms with Crippen molar-refractivity contribution in [1.29, 1.82) is 0 Å². The molecule has 4 rings (SSSR count). The maximum Gasteiger partial charge on any atom is 0.237 e. The summed E-state index contributed by atoms with van der Waals surface area (Å²) in [6, 6.07) is 13.8. The molecule has 7 heteroatoms. The van der Waals surface area contributed by atoms with Gasteiger partial charge in [-0.3, -0.25) is 14.5 Å². The molecule has 2 fully saturated rings. The Morgan fingerprint density at radius 1 is 1.12 bits per heavy atom. The van der Waals surface area contributed by atoms with Crippen LogP contribution >= 0.6 is 0 Å². The Morgan fingerprint density at radius 3 is 2.66 bits per heavy atom. The van der Waals surface area contributed by atoms with Gasteiger partial charge in [-0.25, -0.2) is 4.39 Å². The molecule has 2 aromatic carbocycles. The van der Waals surface area contributed by atoms with E-state index in [1.54, 1.807) is 6.07 Å². The Kier molecular flexibility index (Phi) is 7.05. The van der Waals surface area contributed by atoms with Crippen LogP contribution in [-0.2, 0) is 16.1 Å². The minimum absolute atomic E-state index is 0.0226. The summed E-state index contributed by atoms with van der Waals surface area (Å²) in [5.74, 6) is 0.431. The number of rotatable bonds is 6. The molecule has 2 aliphatic rings. The van der Waals surface area contributed by atoms with Crippen molar-refractivity contribution in [3.8, 4) is 5.75 Å². The van der Waals surface area contributed by atoms with E-state index >= 15 is 0 Å². The van der Waals surface area contributed by atoms with E-state index in [0.717, 1.165) is 29.7 Å². The Morgan fingerprint density at radius 2 is 1.91 bits per heavy atom. The number of para-hydroxylation sites is 1. The molecule has 170 valence electrons. The van der Waals surface area contributed by atoms with Crippen LogP contribution < -0.4 is 10.1 Å². The number of carbonyl (C=O) groups excluding carboxylic acids is 2. The summed E-state index contributed by atoms with van der Waals surface area (Å²) in [5, 5.41) is 2.86. The van der Waals surface area contributed by atoms with Gasteiger partial charge in [0, 0.05) is 45.6 Å². The fraction of sp³-hybridized carbons (Fsp3) is 0.440. The summed E-state index contributed by atoms with van der Waals surface area (Å²) in [4.78, 5) is 29.4. The number of nitrogens with zero attached hydrogens (tertiary/aromatic N) is 2. The number of likely N-dealkylation sites (tertiary alicyclic amines) is 1. The zero-order valence-electron chi connectivity index (χ0n) is 18.4. The molecule has 0 aliphatic carbocycles. The van der Waals surface area contributed by atoms with Crippen molar-refractivity contribution < 1.29 is 18.7 Å². The molecule has 6 nitrogen and oxygen atoms in total. The largest absolute Gasteiger partial charge is 0.490 e. The molecule has 0 unspecified atom stereocenters. The highest BCUT2D eigenvalue weighted by molar-refractivity contribution is 5.88. The van der Waals surface area contributed by atoms with Crippen LogP contribution in [0.1, 0.15) is 30.4 Å². The molecular formula is C25H30FN3O3. The topological polar surface area (TPSA) is 61.9 Å². The van der Waals surface area contributed by atoms with Gasteiger partial charge in [0.05, 0.1) is 12.5 Å². The van der Waals surface area contributed by atoms with E-state index in [2.05, 4.69) is 5.32 Å². The molecule has 2 heterocycles. The minimum Gasteiger partial charge on any atom is -0.490 e. The second-order valence-corrected chi connectivity index (χ2v) is 8.57. The third-order valence-electron chi connectivity index (χ3n) is 6.27. The summed E-state index contributed by atoms with van der Waals surface area (Å²) < 4.78 is 19.7. The summed E-state index contributed by atoms with van der Waals surface area (Å²) in [6.07, 6.45) is 1.75. The van der Waals surface area contributed by atoms with Crippen molar-refractivity contribution in [3.63, 3.8) is 0 Å². The lowest BCUT2D eigenvalue weighted by atomic mass is 10.0. The molecular weight excluding hydrogens is 409 g/mol. The molecule has 0 saturated carbocycles. The van der Waals surface area contributed by atoms with E-state index in [9.17, 15) is 14.0 Å². The fourth-order valence-corrected chi connectivity index (χ4v) is 4.43. The molecule has 32 heavy (non-hydrogen) atoms. The van der Waals surface area contributed by atoms with Gasteiger partial charge in [-0.1, -0.05) is 30.3 Å². The number of hydrogen-bond donors (Lipinski definition) is 1. The van der Waals surface area contributed by atoms with E-state index in [1.807, 2.05) is 47.1 Å². The van der Waals surface area contributed by atoms with Gasteiger partial charge in [-0.15, -0.1) is 0 Å². The van der Waals surface area contributed by atoms with Crippen LogP contribution in [0.15, 0.2) is 48.5 Å². The average Bonchev–Trinajstić information content (AvgIpc) is 2.78. The van der Waals surface area contributed by atoms with Crippen LogP contribution in [0.2, 0.25) is 0 Å². The first-order chi connectivity index (χ1) is 15.5. The summed E-state index contributed by atoms with van der Waals surface area (Å²) >= 11 is 0. The Labute approximate surface area is 188 Å². The smallest absolute Gasteiger partial charge is 0.237 e. The number of hydrogen-bond acceptors (Lipinski definition) is 4. The van der Waals surface area contributed by atoms with Crippen LogP contribution in [-0.4, -0.2) is 59.9 Å². The van der Waals surface area contributed by atoms with Gasteiger partial charge in [0.1, 0.15) is 17.7 Å². The van der Waals surface area contributed by atoms with Gasteiger partial charge in [0.25, 0.3) is 0 Å². The number of halogens is 1. The molecule has 2 amide bonds. The van der Waals surface area contributed by atoms with E-state index in [4.69, 9.17) is 4.74 Å². The quantitative estimate of drug-likeness (QED) is 0.752. The second-order valence-electron chi connectivity index (χ2n) is 8.57. The van der Waals surface area contributed by atoms with E-state index in [0.29, 0.717) is 32.7 Å². The first-order valence-electron chi connectivity index (χ1n) is 11.3. The van der Waals surface area contributed by atoms with E-state index < -0.39 is 6.04 Å². The highest BCUT2D eigenvalue weighted by Gasteiger charge is 2.34. The monoisotopic (exact) mass is 439 g/mol. The van der Waals surface area contributed by atoms with Crippen LogP contribution in [0, 0.1) is 12.7 Å². The number of aryl methyl sites for hydroxylation is 1. The average molecular weight is 440 g/mol. The van der Waals surface area contributed by atoms with Gasteiger partial charge in [-0.05, 0) is 36.2 Å². The van der Waals surface area contributed by atoms with Crippen molar-refractivity contribution in [2.24, 2.45) is 0 Å². The lowest BCUT2D eigenvalue weighted by Crippen LogP contribution is -2.56. The van der Waals surface area contributed by atoms with Gasteiger partial charge in [0.15, 0.2) is 0 Å². The predicted octanol–water partition coefficient (Wildman–Crippen LogP) is 2.89. The lowest BCUT2D eigenvalue weighted by Gasteiger charge is -2.37. The maximum absolute atomic E-state index is 13.6. The maximum atomic E-state index is 13.6. The van der Waals surface area contributed by atoms with Gasteiger partial charge < -0.3 is 15.0 Å². The summed E-state index contributed by atoms with van der Waals surface area (Å²) in [6.45, 7) is 4.86. The Bertz CT molecular complexity index is 959. The summed E-state index contributed by atoms with van der Waals surface area (Å²) in [7, 11) is 0. The molecule has 1 atom stereocenters. The second kappa shape index (κ2) is 10.1. The minimum atomic E-state index is -0.541. The van der Waals surface area contributed by atoms with Crippen molar-refractivity contribution in [2.75, 3.05) is 26.2 Å². The zero-order chi connectivity index (χ0) is 22.5. The number of amides is 2. The first-order valence-corrected chi connectivity index (χ1v) is 11.3. The van der Waals surface area contributed by atoms with Crippen LogP contribution in [0.3, 0.4) is 0 Å². The van der Waals surface area contributed by atoms with Crippen LogP contribution in [0.25, 0.3) is 0 Å². The molecule has 0 bridgehead atoms. The predicted molar refractivity (Wildman–Crippen MR) is 120 cm³/mol. The number of benzene rings is 2. The normalized spacial score (nSPS) is 20.1. The van der Waals surface area contributed by atoms with E-state index in [-0.39, 0.29) is 30.2 Å². The van der Waals surface area contributed by atoms with Gasteiger partial charge in [-0.2, -0.15) is 0 Å². The van der Waals surface area contributed by atoms with Crippen LogP contribution in [0.4, 0.5) is 4.39 Å². The van der Waals surface area contributed by atoms with Gasteiger partial charge in [0.2, 0.25) is 11.8 Å². The highest BCUT2D eigenvalue weighted by Crippen LogP contribution is 2.23. The third-order valence-corrected chi connectivity index (χ3v) is 6.27. The molecule has 2 aromatic rings. The number of carbonyl (C=O) groups is 2. The third kappa shape index (κ3) is 5.46. The molecule has 0 aromatic heterocycles. The Hall–Kier alpha value is -2.93. The number of ether oxygens (including phenoxy) is 1. The lowest BCUT2D eigenvalue weighted by molar-refractivity contribution is -0.140. The number of nitrogens with one attached hydrogen (secondary N) is 1. The standard InChI is InChI=1S/C25H30FN3O3/c1-18-5-2-3-8-23(18)32-21-9-12-28(13-10-21)24(30)16-22-25(31)27-11-14-29(22)17-19-6-4-7-20(26)15-19/h2-8,15,21-22H,9-14,16-17H2,1H3,(H,27,31)/t22-/m0/s1. The molecule has 2 aliphatic heterocycles.